The molecule has 2 N–H and O–H groups in total. The van der Waals surface area contributed by atoms with Gasteiger partial charge in [-0.25, -0.2) is 22.8 Å². The van der Waals surface area contributed by atoms with Crippen LogP contribution in [0.4, 0.5) is 19.1 Å². The highest BCUT2D eigenvalue weighted by atomic mass is 19.3. The molecule has 0 aliphatic rings. The van der Waals surface area contributed by atoms with Crippen molar-refractivity contribution >= 4 is 5.95 Å². The first-order valence-electron chi connectivity index (χ1n) is 11.0. The van der Waals surface area contributed by atoms with E-state index in [4.69, 9.17) is 10.5 Å². The van der Waals surface area contributed by atoms with Crippen LogP contribution in [0.1, 0.15) is 43.0 Å². The van der Waals surface area contributed by atoms with E-state index in [1.165, 1.54) is 30.3 Å². The first-order chi connectivity index (χ1) is 16.8. The van der Waals surface area contributed by atoms with Crippen LogP contribution in [0.5, 0.6) is 5.88 Å². The van der Waals surface area contributed by atoms with Gasteiger partial charge in [-0.2, -0.15) is 4.98 Å². The van der Waals surface area contributed by atoms with Gasteiger partial charge in [0.2, 0.25) is 11.8 Å². The standard InChI is InChI=1S/C24H24F3N7O/c1-4-17-19(34(5-2)33-32-17)12-35-23-20(15-10-13(3)29-18(11-15)22(26)27)21(30-24(28)31-23)14-6-8-16(25)9-7-14/h6-11,22H,4-5,12H2,1-3H3,(H2,28,30,31). The summed E-state index contributed by atoms with van der Waals surface area (Å²) in [6, 6.07) is 8.51. The lowest BCUT2D eigenvalue weighted by Gasteiger charge is -2.17. The summed E-state index contributed by atoms with van der Waals surface area (Å²) in [6.07, 6.45) is -2.13. The molecule has 0 saturated heterocycles. The minimum atomic E-state index is -2.78. The molecule has 3 heterocycles. The Morgan fingerprint density at radius 1 is 1.03 bits per heavy atom. The lowest BCUT2D eigenvalue weighted by molar-refractivity contribution is 0.146. The van der Waals surface area contributed by atoms with E-state index in [9.17, 15) is 13.2 Å². The number of alkyl halides is 2. The van der Waals surface area contributed by atoms with E-state index in [0.29, 0.717) is 41.0 Å². The van der Waals surface area contributed by atoms with Gasteiger partial charge in [0.15, 0.2) is 0 Å². The minimum absolute atomic E-state index is 0.0715. The van der Waals surface area contributed by atoms with Crippen molar-refractivity contribution in [2.75, 3.05) is 5.73 Å². The van der Waals surface area contributed by atoms with Crippen molar-refractivity contribution in [3.8, 4) is 28.3 Å². The molecule has 0 atom stereocenters. The van der Waals surface area contributed by atoms with Gasteiger partial charge >= 0.3 is 0 Å². The molecule has 182 valence electrons. The lowest BCUT2D eigenvalue weighted by atomic mass is 9.99. The average Bonchev–Trinajstić information content (AvgIpc) is 3.24. The lowest BCUT2D eigenvalue weighted by Crippen LogP contribution is -2.11. The van der Waals surface area contributed by atoms with Crippen LogP contribution in [0, 0.1) is 12.7 Å². The van der Waals surface area contributed by atoms with E-state index in [1.807, 2.05) is 13.8 Å². The number of rotatable bonds is 8. The summed E-state index contributed by atoms with van der Waals surface area (Å²) in [5.74, 6) is -0.421. The summed E-state index contributed by atoms with van der Waals surface area (Å²) in [4.78, 5) is 12.6. The van der Waals surface area contributed by atoms with Gasteiger partial charge < -0.3 is 10.5 Å². The van der Waals surface area contributed by atoms with E-state index >= 15 is 0 Å². The number of aryl methyl sites for hydroxylation is 3. The molecule has 0 radical (unpaired) electrons. The Morgan fingerprint density at radius 2 is 1.77 bits per heavy atom. The molecule has 0 bridgehead atoms. The molecule has 4 rings (SSSR count). The summed E-state index contributed by atoms with van der Waals surface area (Å²) in [7, 11) is 0. The molecule has 35 heavy (non-hydrogen) atoms. The summed E-state index contributed by atoms with van der Waals surface area (Å²) in [6.45, 7) is 6.17. The Bertz CT molecular complexity index is 1320. The second-order valence-corrected chi connectivity index (χ2v) is 7.78. The van der Waals surface area contributed by atoms with Crippen LogP contribution in [0.25, 0.3) is 22.4 Å². The number of nitrogen functional groups attached to an aromatic ring is 1. The molecule has 0 fully saturated rings. The fourth-order valence-corrected chi connectivity index (χ4v) is 3.78. The number of ether oxygens (including phenoxy) is 1. The molecule has 3 aromatic heterocycles. The molecule has 1 aromatic carbocycles. The van der Waals surface area contributed by atoms with Crippen LogP contribution >= 0.6 is 0 Å². The largest absolute Gasteiger partial charge is 0.471 e. The molecular formula is C24H24F3N7O. The number of pyridine rings is 1. The van der Waals surface area contributed by atoms with E-state index < -0.39 is 17.9 Å². The fraction of sp³-hybridized carbons (Fsp3) is 0.292. The Morgan fingerprint density at radius 3 is 2.43 bits per heavy atom. The van der Waals surface area contributed by atoms with Crippen LogP contribution in [0.15, 0.2) is 36.4 Å². The highest BCUT2D eigenvalue weighted by Gasteiger charge is 2.22. The Labute approximate surface area is 200 Å². The maximum Gasteiger partial charge on any atom is 0.280 e. The highest BCUT2D eigenvalue weighted by molar-refractivity contribution is 5.85. The number of nitrogens with two attached hydrogens (primary N) is 1. The van der Waals surface area contributed by atoms with Gasteiger partial charge in [0.05, 0.1) is 22.6 Å². The van der Waals surface area contributed by atoms with Crippen molar-refractivity contribution in [3.05, 3.63) is 65.0 Å². The van der Waals surface area contributed by atoms with Crippen LogP contribution in [-0.2, 0) is 19.6 Å². The second kappa shape index (κ2) is 10.1. The van der Waals surface area contributed by atoms with Crippen LogP contribution in [0.3, 0.4) is 0 Å². The van der Waals surface area contributed by atoms with Crippen LogP contribution in [0.2, 0.25) is 0 Å². The van der Waals surface area contributed by atoms with Crippen LogP contribution in [-0.4, -0.2) is 29.9 Å². The molecular weight excluding hydrogens is 459 g/mol. The van der Waals surface area contributed by atoms with Gasteiger partial charge in [0.1, 0.15) is 18.1 Å². The SMILES string of the molecule is CCc1nnn(CC)c1COc1nc(N)nc(-c2ccc(F)cc2)c1-c1cc(C)nc(C(F)F)c1. The summed E-state index contributed by atoms with van der Waals surface area (Å²) >= 11 is 0. The molecule has 0 saturated carbocycles. The molecule has 0 unspecified atom stereocenters. The van der Waals surface area contributed by atoms with Crippen molar-refractivity contribution in [1.29, 1.82) is 0 Å². The van der Waals surface area contributed by atoms with E-state index in [-0.39, 0.29) is 18.4 Å². The topological polar surface area (TPSA) is 105 Å². The third-order valence-electron chi connectivity index (χ3n) is 5.39. The monoisotopic (exact) mass is 483 g/mol. The minimum Gasteiger partial charge on any atom is -0.471 e. The summed E-state index contributed by atoms with van der Waals surface area (Å²) in [5.41, 5.74) is 9.08. The molecule has 0 spiro atoms. The van der Waals surface area contributed by atoms with Gasteiger partial charge in [-0.3, -0.25) is 4.98 Å². The first-order valence-corrected chi connectivity index (χ1v) is 11.0. The maximum absolute atomic E-state index is 13.6. The number of hydrogen-bond acceptors (Lipinski definition) is 7. The molecule has 0 amide bonds. The maximum atomic E-state index is 13.6. The third kappa shape index (κ3) is 5.08. The number of aromatic nitrogens is 6. The fourth-order valence-electron chi connectivity index (χ4n) is 3.78. The van der Waals surface area contributed by atoms with Crippen molar-refractivity contribution in [1.82, 2.24) is 29.9 Å². The smallest absolute Gasteiger partial charge is 0.280 e. The predicted molar refractivity (Wildman–Crippen MR) is 124 cm³/mol. The summed E-state index contributed by atoms with van der Waals surface area (Å²) in [5, 5.41) is 8.31. The number of halogens is 3. The van der Waals surface area contributed by atoms with Gasteiger partial charge in [0.25, 0.3) is 6.43 Å². The average molecular weight is 483 g/mol. The Kier molecular flexibility index (Phi) is 6.94. The zero-order valence-electron chi connectivity index (χ0n) is 19.5. The zero-order chi connectivity index (χ0) is 25.1. The van der Waals surface area contributed by atoms with Crippen molar-refractivity contribution in [2.45, 2.75) is 46.8 Å². The molecule has 0 aliphatic heterocycles. The number of anilines is 1. The van der Waals surface area contributed by atoms with E-state index in [0.717, 1.165) is 11.4 Å². The molecule has 0 aliphatic carbocycles. The summed E-state index contributed by atoms with van der Waals surface area (Å²) < 4.78 is 48.6. The first kappa shape index (κ1) is 24.1. The molecule has 8 nitrogen and oxygen atoms in total. The normalized spacial score (nSPS) is 11.3. The highest BCUT2D eigenvalue weighted by Crippen LogP contribution is 2.39. The van der Waals surface area contributed by atoms with E-state index in [2.05, 4.69) is 25.3 Å². The van der Waals surface area contributed by atoms with Crippen molar-refractivity contribution in [3.63, 3.8) is 0 Å². The number of benzene rings is 1. The predicted octanol–water partition coefficient (Wildman–Crippen LogP) is 4.93. The Hall–Kier alpha value is -4.02. The number of hydrogen-bond donors (Lipinski definition) is 1. The zero-order valence-corrected chi connectivity index (χ0v) is 19.5. The number of nitrogens with zero attached hydrogens (tertiary/aromatic N) is 6. The van der Waals surface area contributed by atoms with E-state index in [1.54, 1.807) is 17.7 Å². The molecule has 4 aromatic rings. The third-order valence-corrected chi connectivity index (χ3v) is 5.39. The van der Waals surface area contributed by atoms with Crippen LogP contribution < -0.4 is 10.5 Å². The van der Waals surface area contributed by atoms with Crippen molar-refractivity contribution < 1.29 is 17.9 Å². The van der Waals surface area contributed by atoms with Gasteiger partial charge in [-0.15, -0.1) is 5.10 Å². The van der Waals surface area contributed by atoms with Gasteiger partial charge in [-0.05, 0) is 62.2 Å². The second-order valence-electron chi connectivity index (χ2n) is 7.78. The Balaban J connectivity index is 1.90. The van der Waals surface area contributed by atoms with Gasteiger partial charge in [0, 0.05) is 17.8 Å². The van der Waals surface area contributed by atoms with Gasteiger partial charge in [-0.1, -0.05) is 12.1 Å². The quantitative estimate of drug-likeness (QED) is 0.379. The molecule has 11 heteroatoms. The van der Waals surface area contributed by atoms with Crippen molar-refractivity contribution in [2.24, 2.45) is 0 Å².